The Labute approximate surface area is 110 Å². The first kappa shape index (κ1) is 11.4. The number of alkyl halides is 1. The van der Waals surface area contributed by atoms with E-state index >= 15 is 0 Å². The standard InChI is InChI=1S/C14H12ClNO2/c15-9-13(17)16-7-8-18-14-11-4-2-1-3-10(11)5-6-12(14)16/h1-6H,7-9H2. The van der Waals surface area contributed by atoms with Gasteiger partial charge in [0.15, 0.2) is 5.75 Å². The van der Waals surface area contributed by atoms with E-state index in [0.717, 1.165) is 22.2 Å². The van der Waals surface area contributed by atoms with Crippen molar-refractivity contribution in [2.24, 2.45) is 0 Å². The molecule has 0 atom stereocenters. The molecule has 1 amide bonds. The molecule has 1 aliphatic rings. The summed E-state index contributed by atoms with van der Waals surface area (Å²) in [6.45, 7) is 1.06. The minimum absolute atomic E-state index is 0.00767. The highest BCUT2D eigenvalue weighted by Crippen LogP contribution is 2.38. The highest BCUT2D eigenvalue weighted by molar-refractivity contribution is 6.29. The van der Waals surface area contributed by atoms with Gasteiger partial charge in [-0.05, 0) is 11.5 Å². The van der Waals surface area contributed by atoms with Gasteiger partial charge in [0.05, 0.1) is 12.2 Å². The van der Waals surface area contributed by atoms with Crippen LogP contribution in [0.3, 0.4) is 0 Å². The zero-order chi connectivity index (χ0) is 12.5. The number of amides is 1. The molecular formula is C14H12ClNO2. The Balaban J connectivity index is 2.19. The summed E-state index contributed by atoms with van der Waals surface area (Å²) >= 11 is 5.64. The van der Waals surface area contributed by atoms with Gasteiger partial charge < -0.3 is 9.64 Å². The van der Waals surface area contributed by atoms with Crippen molar-refractivity contribution in [2.45, 2.75) is 0 Å². The van der Waals surface area contributed by atoms with Crippen molar-refractivity contribution in [3.05, 3.63) is 36.4 Å². The predicted molar refractivity (Wildman–Crippen MR) is 72.5 cm³/mol. The van der Waals surface area contributed by atoms with Crippen LogP contribution in [0.4, 0.5) is 5.69 Å². The first-order valence-corrected chi connectivity index (χ1v) is 6.35. The van der Waals surface area contributed by atoms with E-state index in [-0.39, 0.29) is 11.8 Å². The number of hydrogen-bond donors (Lipinski definition) is 0. The largest absolute Gasteiger partial charge is 0.489 e. The summed E-state index contributed by atoms with van der Waals surface area (Å²) in [5.74, 6) is 0.682. The summed E-state index contributed by atoms with van der Waals surface area (Å²) in [6, 6.07) is 11.9. The van der Waals surface area contributed by atoms with Gasteiger partial charge in [-0.2, -0.15) is 0 Å². The zero-order valence-electron chi connectivity index (χ0n) is 9.73. The van der Waals surface area contributed by atoms with Gasteiger partial charge in [0, 0.05) is 5.39 Å². The van der Waals surface area contributed by atoms with Crippen molar-refractivity contribution in [2.75, 3.05) is 23.9 Å². The maximum Gasteiger partial charge on any atom is 0.242 e. The molecule has 92 valence electrons. The number of benzene rings is 2. The summed E-state index contributed by atoms with van der Waals surface area (Å²) in [5.41, 5.74) is 0.811. The van der Waals surface area contributed by atoms with Gasteiger partial charge in [-0.25, -0.2) is 0 Å². The van der Waals surface area contributed by atoms with Crippen molar-refractivity contribution < 1.29 is 9.53 Å². The van der Waals surface area contributed by atoms with Gasteiger partial charge in [0.2, 0.25) is 5.91 Å². The number of rotatable bonds is 1. The van der Waals surface area contributed by atoms with Crippen LogP contribution in [0.15, 0.2) is 36.4 Å². The van der Waals surface area contributed by atoms with Crippen LogP contribution < -0.4 is 9.64 Å². The van der Waals surface area contributed by atoms with E-state index in [4.69, 9.17) is 16.3 Å². The number of anilines is 1. The number of halogens is 1. The minimum Gasteiger partial charge on any atom is -0.489 e. The highest BCUT2D eigenvalue weighted by atomic mass is 35.5. The molecule has 0 bridgehead atoms. The van der Waals surface area contributed by atoms with E-state index in [0.29, 0.717) is 13.2 Å². The first-order chi connectivity index (χ1) is 8.81. The second kappa shape index (κ2) is 4.50. The zero-order valence-corrected chi connectivity index (χ0v) is 10.5. The monoisotopic (exact) mass is 261 g/mol. The molecule has 0 aromatic heterocycles. The lowest BCUT2D eigenvalue weighted by atomic mass is 10.1. The van der Waals surface area contributed by atoms with Crippen LogP contribution in [0.1, 0.15) is 0 Å². The highest BCUT2D eigenvalue weighted by Gasteiger charge is 2.24. The SMILES string of the molecule is O=C(CCl)N1CCOc2c1ccc1ccccc21. The summed E-state index contributed by atoms with van der Waals surface area (Å²) < 4.78 is 5.72. The Bertz CT molecular complexity index is 612. The number of ether oxygens (including phenoxy) is 1. The molecule has 4 heteroatoms. The molecule has 0 saturated heterocycles. The topological polar surface area (TPSA) is 29.5 Å². The Morgan fingerprint density at radius 1 is 1.28 bits per heavy atom. The fourth-order valence-electron chi connectivity index (χ4n) is 2.29. The molecule has 2 aromatic rings. The van der Waals surface area contributed by atoms with Crippen molar-refractivity contribution in [1.82, 2.24) is 0 Å². The lowest BCUT2D eigenvalue weighted by Gasteiger charge is -2.29. The van der Waals surface area contributed by atoms with Gasteiger partial charge in [0.25, 0.3) is 0 Å². The molecule has 0 spiro atoms. The molecular weight excluding hydrogens is 250 g/mol. The number of fused-ring (bicyclic) bond motifs is 3. The Morgan fingerprint density at radius 2 is 2.11 bits per heavy atom. The van der Waals surface area contributed by atoms with Crippen molar-refractivity contribution in [3.8, 4) is 5.75 Å². The van der Waals surface area contributed by atoms with Crippen LogP contribution in [0.5, 0.6) is 5.75 Å². The normalized spacial score (nSPS) is 14.2. The molecule has 18 heavy (non-hydrogen) atoms. The van der Waals surface area contributed by atoms with Crippen molar-refractivity contribution in [3.63, 3.8) is 0 Å². The molecule has 0 aliphatic carbocycles. The smallest absolute Gasteiger partial charge is 0.242 e. The molecule has 0 unspecified atom stereocenters. The van der Waals surface area contributed by atoms with Crippen LogP contribution in [0.2, 0.25) is 0 Å². The summed E-state index contributed by atoms with van der Waals surface area (Å²) in [7, 11) is 0. The maximum atomic E-state index is 11.8. The molecule has 3 nitrogen and oxygen atoms in total. The van der Waals surface area contributed by atoms with E-state index < -0.39 is 0 Å². The number of nitrogens with zero attached hydrogens (tertiary/aromatic N) is 1. The lowest BCUT2D eigenvalue weighted by molar-refractivity contribution is -0.116. The average Bonchev–Trinajstić information content (AvgIpc) is 2.45. The first-order valence-electron chi connectivity index (χ1n) is 5.82. The molecule has 0 fully saturated rings. The lowest BCUT2D eigenvalue weighted by Crippen LogP contribution is -2.38. The molecule has 0 saturated carbocycles. The van der Waals surface area contributed by atoms with Crippen molar-refractivity contribution in [1.29, 1.82) is 0 Å². The van der Waals surface area contributed by atoms with Gasteiger partial charge in [-0.15, -0.1) is 11.6 Å². The molecule has 1 heterocycles. The Morgan fingerprint density at radius 3 is 2.94 bits per heavy atom. The summed E-state index contributed by atoms with van der Waals surface area (Å²) in [4.78, 5) is 13.5. The third-order valence-corrected chi connectivity index (χ3v) is 3.35. The van der Waals surface area contributed by atoms with E-state index in [9.17, 15) is 4.79 Å². The van der Waals surface area contributed by atoms with E-state index in [1.54, 1.807) is 4.90 Å². The molecule has 1 aliphatic heterocycles. The van der Waals surface area contributed by atoms with Crippen LogP contribution in [-0.2, 0) is 4.79 Å². The van der Waals surface area contributed by atoms with Gasteiger partial charge in [-0.3, -0.25) is 4.79 Å². The van der Waals surface area contributed by atoms with Gasteiger partial charge in [0.1, 0.15) is 12.5 Å². The fourth-order valence-corrected chi connectivity index (χ4v) is 2.43. The molecule has 0 radical (unpaired) electrons. The molecule has 2 aromatic carbocycles. The van der Waals surface area contributed by atoms with Gasteiger partial charge in [-0.1, -0.05) is 30.3 Å². The summed E-state index contributed by atoms with van der Waals surface area (Å²) in [6.07, 6.45) is 0. The Hall–Kier alpha value is -1.74. The second-order valence-corrected chi connectivity index (χ2v) is 4.43. The minimum atomic E-state index is -0.0866. The van der Waals surface area contributed by atoms with E-state index in [1.807, 2.05) is 36.4 Å². The predicted octanol–water partition coefficient (Wildman–Crippen LogP) is 2.80. The van der Waals surface area contributed by atoms with E-state index in [1.165, 1.54) is 0 Å². The number of carbonyl (C=O) groups is 1. The Kier molecular flexibility index (Phi) is 2.84. The summed E-state index contributed by atoms with van der Waals surface area (Å²) in [5, 5.41) is 2.14. The fraction of sp³-hybridized carbons (Fsp3) is 0.214. The quantitative estimate of drug-likeness (QED) is 0.739. The third-order valence-electron chi connectivity index (χ3n) is 3.13. The van der Waals surface area contributed by atoms with Crippen LogP contribution in [-0.4, -0.2) is 24.9 Å². The third kappa shape index (κ3) is 1.71. The van der Waals surface area contributed by atoms with E-state index in [2.05, 4.69) is 0 Å². The average molecular weight is 262 g/mol. The maximum absolute atomic E-state index is 11.8. The second-order valence-electron chi connectivity index (χ2n) is 4.16. The van der Waals surface area contributed by atoms with Crippen LogP contribution in [0.25, 0.3) is 10.8 Å². The molecule has 0 N–H and O–H groups in total. The molecule has 3 rings (SSSR count). The van der Waals surface area contributed by atoms with Crippen LogP contribution in [0, 0.1) is 0 Å². The van der Waals surface area contributed by atoms with Crippen LogP contribution >= 0.6 is 11.6 Å². The van der Waals surface area contributed by atoms with Crippen molar-refractivity contribution >= 4 is 34.0 Å². The number of hydrogen-bond acceptors (Lipinski definition) is 2. The van der Waals surface area contributed by atoms with Gasteiger partial charge >= 0.3 is 0 Å². The number of carbonyl (C=O) groups excluding carboxylic acids is 1.